The van der Waals surface area contributed by atoms with Gasteiger partial charge < -0.3 is 15.2 Å². The topological polar surface area (TPSA) is 75.6 Å². The summed E-state index contributed by atoms with van der Waals surface area (Å²) in [6.07, 6.45) is 3.21. The Balaban J connectivity index is 4.19. The molecule has 0 aliphatic rings. The van der Waals surface area contributed by atoms with Gasteiger partial charge in [-0.3, -0.25) is 0 Å². The van der Waals surface area contributed by atoms with Gasteiger partial charge in [0, 0.05) is 0 Å². The minimum atomic E-state index is -1.01. The van der Waals surface area contributed by atoms with Gasteiger partial charge in [0.05, 0.1) is 6.61 Å². The highest BCUT2D eigenvalue weighted by Gasteiger charge is 2.24. The fraction of sp³-hybridized carbons (Fsp3) is 0.857. The van der Waals surface area contributed by atoms with E-state index in [2.05, 4.69) is 26.1 Å². The smallest absolute Gasteiger partial charge is 0.407 e. The van der Waals surface area contributed by atoms with Gasteiger partial charge in [0.15, 0.2) is 0 Å². The van der Waals surface area contributed by atoms with Crippen LogP contribution in [0.15, 0.2) is 0 Å². The summed E-state index contributed by atoms with van der Waals surface area (Å²) in [5.41, 5.74) is 0.0848. The molecule has 0 radical (unpaired) electrons. The zero-order chi connectivity index (χ0) is 14.9. The van der Waals surface area contributed by atoms with Crippen LogP contribution in [0, 0.1) is 5.41 Å². The number of amides is 1. The number of nitrogens with one attached hydrogen (secondary N) is 1. The van der Waals surface area contributed by atoms with E-state index in [1.807, 2.05) is 6.92 Å². The van der Waals surface area contributed by atoms with E-state index in [4.69, 9.17) is 9.84 Å². The molecule has 0 rings (SSSR count). The van der Waals surface area contributed by atoms with Gasteiger partial charge in [-0.25, -0.2) is 9.59 Å². The van der Waals surface area contributed by atoms with Gasteiger partial charge >= 0.3 is 12.1 Å². The van der Waals surface area contributed by atoms with E-state index < -0.39 is 18.1 Å². The molecule has 0 unspecified atom stereocenters. The Morgan fingerprint density at radius 1 is 1.32 bits per heavy atom. The summed E-state index contributed by atoms with van der Waals surface area (Å²) in [5, 5.41) is 11.5. The second-order valence-electron chi connectivity index (χ2n) is 5.58. The molecule has 1 amide bonds. The number of hydrogen-bond acceptors (Lipinski definition) is 3. The molecule has 1 atom stereocenters. The van der Waals surface area contributed by atoms with Crippen LogP contribution in [-0.4, -0.2) is 29.8 Å². The maximum atomic E-state index is 11.4. The summed E-state index contributed by atoms with van der Waals surface area (Å²) in [4.78, 5) is 22.5. The maximum Gasteiger partial charge on any atom is 0.407 e. The first kappa shape index (κ1) is 17.7. The molecule has 2 N–H and O–H groups in total. The van der Waals surface area contributed by atoms with Crippen LogP contribution >= 0.6 is 0 Å². The standard InChI is InChI=1S/C14H27NO4/c1-5-7-10-19-13(18)15-11(12(16)17)8-9-14(3,4)6-2/h11H,5-10H2,1-4H3,(H,15,18)(H,16,17)/t11-/m0/s1. The molecule has 0 saturated carbocycles. The van der Waals surface area contributed by atoms with Crippen molar-refractivity contribution in [2.75, 3.05) is 6.61 Å². The molecule has 5 heteroatoms. The third-order valence-electron chi connectivity index (χ3n) is 3.39. The molecule has 0 aromatic carbocycles. The van der Waals surface area contributed by atoms with E-state index in [9.17, 15) is 9.59 Å². The maximum absolute atomic E-state index is 11.4. The van der Waals surface area contributed by atoms with Crippen molar-refractivity contribution in [1.29, 1.82) is 0 Å². The van der Waals surface area contributed by atoms with Crippen LogP contribution in [0.1, 0.15) is 59.8 Å². The quantitative estimate of drug-likeness (QED) is 0.633. The van der Waals surface area contributed by atoms with Crippen LogP contribution < -0.4 is 5.32 Å². The highest BCUT2D eigenvalue weighted by molar-refractivity contribution is 5.79. The van der Waals surface area contributed by atoms with Crippen LogP contribution in [-0.2, 0) is 9.53 Å². The van der Waals surface area contributed by atoms with Crippen molar-refractivity contribution in [2.24, 2.45) is 5.41 Å². The average molecular weight is 273 g/mol. The number of rotatable bonds is 9. The lowest BCUT2D eigenvalue weighted by Gasteiger charge is -2.24. The number of carboxylic acid groups (broad SMARTS) is 1. The third kappa shape index (κ3) is 8.46. The summed E-state index contributed by atoms with van der Waals surface area (Å²) in [7, 11) is 0. The van der Waals surface area contributed by atoms with Crippen molar-refractivity contribution in [1.82, 2.24) is 5.32 Å². The molecule has 19 heavy (non-hydrogen) atoms. The van der Waals surface area contributed by atoms with Crippen LogP contribution in [0.3, 0.4) is 0 Å². The first-order chi connectivity index (χ1) is 8.82. The largest absolute Gasteiger partial charge is 0.480 e. The van der Waals surface area contributed by atoms with Crippen molar-refractivity contribution in [3.05, 3.63) is 0 Å². The SMILES string of the molecule is CCCCOC(=O)N[C@@H](CCC(C)(C)CC)C(=O)O. The molecule has 0 bridgehead atoms. The van der Waals surface area contributed by atoms with Crippen molar-refractivity contribution in [3.63, 3.8) is 0 Å². The first-order valence-corrected chi connectivity index (χ1v) is 6.98. The number of ether oxygens (including phenoxy) is 1. The monoisotopic (exact) mass is 273 g/mol. The molecule has 0 aliphatic carbocycles. The third-order valence-corrected chi connectivity index (χ3v) is 3.39. The Bertz CT molecular complexity index is 289. The van der Waals surface area contributed by atoms with Crippen LogP contribution in [0.5, 0.6) is 0 Å². The van der Waals surface area contributed by atoms with E-state index in [-0.39, 0.29) is 5.41 Å². The Kier molecular flexibility index (Phi) is 8.19. The summed E-state index contributed by atoms with van der Waals surface area (Å²) in [5.74, 6) is -1.01. The fourth-order valence-corrected chi connectivity index (χ4v) is 1.46. The van der Waals surface area contributed by atoms with Crippen molar-refractivity contribution in [2.45, 2.75) is 65.8 Å². The van der Waals surface area contributed by atoms with E-state index in [1.54, 1.807) is 0 Å². The molecule has 0 aliphatic heterocycles. The highest BCUT2D eigenvalue weighted by Crippen LogP contribution is 2.26. The lowest BCUT2D eigenvalue weighted by atomic mass is 9.84. The number of carbonyl (C=O) groups is 2. The molecule has 0 aromatic heterocycles. The predicted molar refractivity (Wildman–Crippen MR) is 74.1 cm³/mol. The minimum absolute atomic E-state index is 0.0848. The Labute approximate surface area is 115 Å². The molecule has 0 spiro atoms. The number of carboxylic acids is 1. The number of aliphatic carboxylic acids is 1. The van der Waals surface area contributed by atoms with Crippen molar-refractivity contribution >= 4 is 12.1 Å². The fourth-order valence-electron chi connectivity index (χ4n) is 1.46. The van der Waals surface area contributed by atoms with Crippen molar-refractivity contribution < 1.29 is 19.4 Å². The van der Waals surface area contributed by atoms with Crippen LogP contribution in [0.4, 0.5) is 4.79 Å². The predicted octanol–water partition coefficient (Wildman–Crippen LogP) is 3.18. The van der Waals surface area contributed by atoms with E-state index in [0.717, 1.165) is 25.7 Å². The minimum Gasteiger partial charge on any atom is -0.480 e. The average Bonchev–Trinajstić information content (AvgIpc) is 2.34. The molecule has 0 heterocycles. The van der Waals surface area contributed by atoms with E-state index >= 15 is 0 Å². The number of unbranched alkanes of at least 4 members (excludes halogenated alkanes) is 1. The van der Waals surface area contributed by atoms with Gasteiger partial charge in [0.1, 0.15) is 6.04 Å². The van der Waals surface area contributed by atoms with Crippen molar-refractivity contribution in [3.8, 4) is 0 Å². The highest BCUT2D eigenvalue weighted by atomic mass is 16.5. The molecular formula is C14H27NO4. The molecule has 0 aromatic rings. The molecule has 112 valence electrons. The van der Waals surface area contributed by atoms with Gasteiger partial charge in [-0.05, 0) is 24.7 Å². The summed E-state index contributed by atoms with van der Waals surface area (Å²) < 4.78 is 4.91. The lowest BCUT2D eigenvalue weighted by Crippen LogP contribution is -2.41. The van der Waals surface area contributed by atoms with Gasteiger partial charge in [0.25, 0.3) is 0 Å². The number of carbonyl (C=O) groups excluding carboxylic acids is 1. The van der Waals surface area contributed by atoms with E-state index in [0.29, 0.717) is 13.0 Å². The van der Waals surface area contributed by atoms with Gasteiger partial charge in [0.2, 0.25) is 0 Å². The Morgan fingerprint density at radius 2 is 1.95 bits per heavy atom. The Morgan fingerprint density at radius 3 is 2.42 bits per heavy atom. The first-order valence-electron chi connectivity index (χ1n) is 6.98. The second-order valence-corrected chi connectivity index (χ2v) is 5.58. The molecule has 0 saturated heterocycles. The molecular weight excluding hydrogens is 246 g/mol. The molecule has 0 fully saturated rings. The van der Waals surface area contributed by atoms with E-state index in [1.165, 1.54) is 0 Å². The normalized spacial score (nSPS) is 12.8. The number of hydrogen-bond donors (Lipinski definition) is 2. The molecule has 5 nitrogen and oxygen atoms in total. The Hall–Kier alpha value is -1.26. The van der Waals surface area contributed by atoms with Gasteiger partial charge in [-0.2, -0.15) is 0 Å². The summed E-state index contributed by atoms with van der Waals surface area (Å²) in [6.45, 7) is 8.57. The summed E-state index contributed by atoms with van der Waals surface area (Å²) in [6, 6.07) is -0.875. The zero-order valence-electron chi connectivity index (χ0n) is 12.5. The van der Waals surface area contributed by atoms with Gasteiger partial charge in [-0.15, -0.1) is 0 Å². The number of alkyl carbamates (subject to hydrolysis) is 1. The van der Waals surface area contributed by atoms with Crippen LogP contribution in [0.25, 0.3) is 0 Å². The lowest BCUT2D eigenvalue weighted by molar-refractivity contribution is -0.139. The summed E-state index contributed by atoms with van der Waals surface area (Å²) >= 11 is 0. The zero-order valence-corrected chi connectivity index (χ0v) is 12.5. The van der Waals surface area contributed by atoms with Gasteiger partial charge in [-0.1, -0.05) is 40.5 Å². The second kappa shape index (κ2) is 8.77. The van der Waals surface area contributed by atoms with Crippen LogP contribution in [0.2, 0.25) is 0 Å².